The van der Waals surface area contributed by atoms with Gasteiger partial charge in [0, 0.05) is 24.1 Å². The van der Waals surface area contributed by atoms with Crippen molar-refractivity contribution in [1.29, 1.82) is 0 Å². The van der Waals surface area contributed by atoms with Crippen LogP contribution in [0, 0.1) is 16.0 Å². The number of esters is 1. The predicted octanol–water partition coefficient (Wildman–Crippen LogP) is 3.07. The van der Waals surface area contributed by atoms with Crippen molar-refractivity contribution < 1.29 is 22.9 Å². The molecule has 0 saturated carbocycles. The van der Waals surface area contributed by atoms with E-state index in [0.29, 0.717) is 11.4 Å². The van der Waals surface area contributed by atoms with Crippen LogP contribution in [0.3, 0.4) is 0 Å². The number of hydrogen-bond acceptors (Lipinski definition) is 8. The highest BCUT2D eigenvalue weighted by atomic mass is 32.2. The molecule has 0 aliphatic carbocycles. The van der Waals surface area contributed by atoms with E-state index in [-0.39, 0.29) is 35.3 Å². The van der Waals surface area contributed by atoms with Crippen molar-refractivity contribution in [2.24, 2.45) is 5.92 Å². The van der Waals surface area contributed by atoms with Crippen LogP contribution < -0.4 is 0 Å². The second kappa shape index (κ2) is 9.22. The summed E-state index contributed by atoms with van der Waals surface area (Å²) in [7, 11) is -2.65. The largest absolute Gasteiger partial charge is 0.464 e. The summed E-state index contributed by atoms with van der Waals surface area (Å²) in [6.07, 6.45) is 0.626. The number of nitrogens with zero attached hydrogens (tertiary/aromatic N) is 3. The van der Waals surface area contributed by atoms with Gasteiger partial charge in [0.2, 0.25) is 10.0 Å². The maximum absolute atomic E-state index is 13.1. The van der Waals surface area contributed by atoms with Crippen molar-refractivity contribution in [2.45, 2.75) is 31.7 Å². The van der Waals surface area contributed by atoms with E-state index < -0.39 is 20.9 Å². The standard InChI is InChI=1S/C17H21N3O6S2/c1-12(2)8-9-19(10-16-18-15(11-27-16)17(21)26-3)28(24,25)14-6-4-13(5-7-14)20(22)23/h4-7,11-12H,8-10H2,1-3H3. The topological polar surface area (TPSA) is 120 Å². The number of carbonyl (C=O) groups is 1. The molecule has 2 rings (SSSR count). The predicted molar refractivity (Wildman–Crippen MR) is 104 cm³/mol. The van der Waals surface area contributed by atoms with Gasteiger partial charge in [-0.05, 0) is 24.5 Å². The van der Waals surface area contributed by atoms with Crippen LogP contribution in [0.15, 0.2) is 34.5 Å². The van der Waals surface area contributed by atoms with Crippen LogP contribution in [0.25, 0.3) is 0 Å². The Morgan fingerprint density at radius 1 is 1.32 bits per heavy atom. The third-order valence-corrected chi connectivity index (χ3v) is 6.59. The van der Waals surface area contributed by atoms with Gasteiger partial charge >= 0.3 is 5.97 Å². The molecule has 152 valence electrons. The lowest BCUT2D eigenvalue weighted by Gasteiger charge is -2.22. The monoisotopic (exact) mass is 427 g/mol. The molecule has 0 radical (unpaired) electrons. The third kappa shape index (κ3) is 5.33. The highest BCUT2D eigenvalue weighted by molar-refractivity contribution is 7.89. The van der Waals surface area contributed by atoms with Crippen molar-refractivity contribution in [1.82, 2.24) is 9.29 Å². The first-order valence-corrected chi connectivity index (χ1v) is 10.7. The molecule has 11 heteroatoms. The minimum atomic E-state index is -3.89. The Kier molecular flexibility index (Phi) is 7.22. The number of rotatable bonds is 9. The van der Waals surface area contributed by atoms with E-state index in [9.17, 15) is 23.3 Å². The molecule has 0 spiro atoms. The Morgan fingerprint density at radius 2 is 1.96 bits per heavy atom. The molecule has 1 aromatic heterocycles. The molecule has 0 atom stereocenters. The number of methoxy groups -OCH3 is 1. The van der Waals surface area contributed by atoms with Crippen molar-refractivity contribution in [3.05, 3.63) is 50.5 Å². The van der Waals surface area contributed by atoms with E-state index in [2.05, 4.69) is 9.72 Å². The lowest BCUT2D eigenvalue weighted by molar-refractivity contribution is -0.384. The fraction of sp³-hybridized carbons (Fsp3) is 0.412. The molecule has 0 aliphatic heterocycles. The molecule has 0 saturated heterocycles. The number of benzene rings is 1. The summed E-state index contributed by atoms with van der Waals surface area (Å²) in [4.78, 5) is 25.9. The summed E-state index contributed by atoms with van der Waals surface area (Å²) in [5, 5.41) is 12.8. The van der Waals surface area contributed by atoms with Crippen molar-refractivity contribution in [2.75, 3.05) is 13.7 Å². The Balaban J connectivity index is 2.31. The molecular formula is C17H21N3O6S2. The van der Waals surface area contributed by atoms with Gasteiger partial charge in [-0.25, -0.2) is 18.2 Å². The van der Waals surface area contributed by atoms with Crippen LogP contribution in [-0.4, -0.2) is 42.3 Å². The van der Waals surface area contributed by atoms with E-state index in [1.807, 2.05) is 13.8 Å². The molecular weight excluding hydrogens is 406 g/mol. The highest BCUT2D eigenvalue weighted by Crippen LogP contribution is 2.23. The summed E-state index contributed by atoms with van der Waals surface area (Å²) in [6.45, 7) is 4.21. The van der Waals surface area contributed by atoms with E-state index >= 15 is 0 Å². The van der Waals surface area contributed by atoms with Gasteiger partial charge in [0.1, 0.15) is 5.01 Å². The molecule has 0 fully saturated rings. The van der Waals surface area contributed by atoms with Gasteiger partial charge in [-0.3, -0.25) is 10.1 Å². The van der Waals surface area contributed by atoms with Crippen LogP contribution in [0.1, 0.15) is 35.8 Å². The summed E-state index contributed by atoms with van der Waals surface area (Å²) in [6, 6.07) is 4.76. The van der Waals surface area contributed by atoms with Gasteiger partial charge in [-0.1, -0.05) is 13.8 Å². The maximum atomic E-state index is 13.1. The number of non-ortho nitro benzene ring substituents is 1. The number of sulfonamides is 1. The highest BCUT2D eigenvalue weighted by Gasteiger charge is 2.27. The number of hydrogen-bond donors (Lipinski definition) is 0. The first-order chi connectivity index (χ1) is 13.1. The smallest absolute Gasteiger partial charge is 0.357 e. The first kappa shape index (κ1) is 21.9. The zero-order valence-electron chi connectivity index (χ0n) is 15.7. The summed E-state index contributed by atoms with van der Waals surface area (Å²) < 4.78 is 32.0. The Labute approximate surface area is 167 Å². The molecule has 0 amide bonds. The van der Waals surface area contributed by atoms with Crippen LogP contribution in [-0.2, 0) is 21.3 Å². The van der Waals surface area contributed by atoms with Gasteiger partial charge in [-0.2, -0.15) is 4.31 Å². The normalized spacial score (nSPS) is 11.8. The SMILES string of the molecule is COC(=O)c1csc(CN(CCC(C)C)S(=O)(=O)c2ccc([N+](=O)[O-])cc2)n1. The van der Waals surface area contributed by atoms with Crippen LogP contribution in [0.4, 0.5) is 5.69 Å². The maximum Gasteiger partial charge on any atom is 0.357 e. The minimum Gasteiger partial charge on any atom is -0.464 e. The Morgan fingerprint density at radius 3 is 2.50 bits per heavy atom. The number of aromatic nitrogens is 1. The fourth-order valence-corrected chi connectivity index (χ4v) is 4.58. The number of nitro benzene ring substituents is 1. The van der Waals surface area contributed by atoms with Crippen molar-refractivity contribution in [3.63, 3.8) is 0 Å². The molecule has 0 N–H and O–H groups in total. The van der Waals surface area contributed by atoms with Gasteiger partial charge in [0.15, 0.2) is 5.69 Å². The summed E-state index contributed by atoms with van der Waals surface area (Å²) in [5.74, 6) is -0.314. The molecule has 0 bridgehead atoms. The number of thiazole rings is 1. The average molecular weight is 428 g/mol. The average Bonchev–Trinajstić information content (AvgIpc) is 3.12. The Hall–Kier alpha value is -2.37. The molecule has 2 aromatic rings. The van der Waals surface area contributed by atoms with E-state index in [0.717, 1.165) is 12.1 Å². The van der Waals surface area contributed by atoms with Crippen molar-refractivity contribution in [3.8, 4) is 0 Å². The number of carbonyl (C=O) groups excluding carboxylic acids is 1. The summed E-state index contributed by atoms with van der Waals surface area (Å²) in [5.41, 5.74) is -0.0608. The van der Waals surface area contributed by atoms with Gasteiger partial charge < -0.3 is 4.74 Å². The van der Waals surface area contributed by atoms with E-state index in [4.69, 9.17) is 0 Å². The molecule has 0 aliphatic rings. The fourth-order valence-electron chi connectivity index (χ4n) is 2.31. The second-order valence-electron chi connectivity index (χ2n) is 6.39. The quantitative estimate of drug-likeness (QED) is 0.342. The zero-order chi connectivity index (χ0) is 20.9. The second-order valence-corrected chi connectivity index (χ2v) is 9.27. The molecule has 1 heterocycles. The molecule has 0 unspecified atom stereocenters. The molecule has 9 nitrogen and oxygen atoms in total. The van der Waals surface area contributed by atoms with E-state index in [1.54, 1.807) is 0 Å². The van der Waals surface area contributed by atoms with Gasteiger partial charge in [0.25, 0.3) is 5.69 Å². The Bertz CT molecular complexity index is 938. The van der Waals surface area contributed by atoms with Crippen LogP contribution in [0.2, 0.25) is 0 Å². The molecule has 1 aromatic carbocycles. The number of nitro groups is 1. The van der Waals surface area contributed by atoms with Gasteiger partial charge in [0.05, 0.1) is 23.5 Å². The lowest BCUT2D eigenvalue weighted by Crippen LogP contribution is -2.32. The minimum absolute atomic E-state index is 0.00625. The van der Waals surface area contributed by atoms with Gasteiger partial charge in [-0.15, -0.1) is 11.3 Å². The van der Waals surface area contributed by atoms with Crippen molar-refractivity contribution >= 4 is 33.0 Å². The third-order valence-electron chi connectivity index (χ3n) is 3.90. The zero-order valence-corrected chi connectivity index (χ0v) is 17.3. The summed E-state index contributed by atoms with van der Waals surface area (Å²) >= 11 is 1.17. The van der Waals surface area contributed by atoms with E-state index in [1.165, 1.54) is 40.3 Å². The van der Waals surface area contributed by atoms with Crippen LogP contribution in [0.5, 0.6) is 0 Å². The number of ether oxygens (including phenoxy) is 1. The van der Waals surface area contributed by atoms with Crippen LogP contribution >= 0.6 is 11.3 Å². The first-order valence-electron chi connectivity index (χ1n) is 8.42. The lowest BCUT2D eigenvalue weighted by atomic mass is 10.1. The molecule has 28 heavy (non-hydrogen) atoms.